The normalized spacial score (nSPS) is 15.5. The van der Waals surface area contributed by atoms with Gasteiger partial charge in [-0.3, -0.25) is 9.10 Å². The molecule has 0 radical (unpaired) electrons. The summed E-state index contributed by atoms with van der Waals surface area (Å²) in [5, 5.41) is 15.3. The van der Waals surface area contributed by atoms with Gasteiger partial charge in [0.25, 0.3) is 5.91 Å². The van der Waals surface area contributed by atoms with Gasteiger partial charge >= 0.3 is 0 Å². The first kappa shape index (κ1) is 22.4. The van der Waals surface area contributed by atoms with Crippen molar-refractivity contribution in [1.82, 2.24) is 0 Å². The Morgan fingerprint density at radius 1 is 1.03 bits per heavy atom. The van der Waals surface area contributed by atoms with Gasteiger partial charge in [-0.1, -0.05) is 36.4 Å². The molecule has 1 heterocycles. The number of aryl methyl sites for hydroxylation is 1. The minimum atomic E-state index is -3.28. The van der Waals surface area contributed by atoms with E-state index >= 15 is 0 Å². The summed E-state index contributed by atoms with van der Waals surface area (Å²) in [6, 6.07) is 22.9. The Morgan fingerprint density at radius 2 is 1.82 bits per heavy atom. The quantitative estimate of drug-likeness (QED) is 0.574. The van der Waals surface area contributed by atoms with Gasteiger partial charge in [-0.15, -0.1) is 0 Å². The topological polar surface area (TPSA) is 102 Å². The Kier molecular flexibility index (Phi) is 6.33. The van der Waals surface area contributed by atoms with Crippen molar-refractivity contribution in [2.45, 2.75) is 19.4 Å². The highest BCUT2D eigenvalue weighted by molar-refractivity contribution is 7.93. The van der Waals surface area contributed by atoms with Crippen LogP contribution in [0.15, 0.2) is 72.8 Å². The molecule has 8 heteroatoms. The summed E-state index contributed by atoms with van der Waals surface area (Å²) < 4.78 is 26.0. The first-order chi connectivity index (χ1) is 15.9. The number of nitrogens with zero attached hydrogens (tertiary/aromatic N) is 2. The highest BCUT2D eigenvalue weighted by Crippen LogP contribution is 2.30. The van der Waals surface area contributed by atoms with Gasteiger partial charge in [-0.05, 0) is 60.9 Å². The molecule has 2 N–H and O–H groups in total. The Balaban J connectivity index is 1.58. The molecule has 0 spiro atoms. The molecule has 7 nitrogen and oxygen atoms in total. The lowest BCUT2D eigenvalue weighted by Crippen LogP contribution is -2.28. The van der Waals surface area contributed by atoms with Crippen LogP contribution in [-0.2, 0) is 14.8 Å². The van der Waals surface area contributed by atoms with Gasteiger partial charge in [0.15, 0.2) is 0 Å². The number of carbonyl (C=O) groups is 1. The minimum Gasteiger partial charge on any atom is -0.370 e. The van der Waals surface area contributed by atoms with Crippen LogP contribution in [0.4, 0.5) is 17.1 Å². The molecule has 33 heavy (non-hydrogen) atoms. The first-order valence-corrected chi connectivity index (χ1v) is 12.2. The number of carbonyl (C=O) groups excluding carboxylic acids is 1. The number of benzene rings is 3. The summed E-state index contributed by atoms with van der Waals surface area (Å²) in [5.41, 5.74) is 3.90. The second-order valence-corrected chi connectivity index (χ2v) is 9.93. The molecule has 1 saturated heterocycles. The van der Waals surface area contributed by atoms with Crippen molar-refractivity contribution >= 4 is 33.0 Å². The van der Waals surface area contributed by atoms with E-state index in [2.05, 4.69) is 16.7 Å². The SMILES string of the molecule is Cc1cc(NC(=O)C(Nc2cccc(C#N)c2)c2ccccc2)ccc1N1CCCS1(=O)=O. The standard InChI is InChI=1S/C25H24N4O3S/c1-18-15-22(11-12-23(18)29-13-6-14-33(29,31)32)28-25(30)24(20-8-3-2-4-9-20)27-21-10-5-7-19(16-21)17-26/h2-5,7-12,15-16,24,27H,6,13-14H2,1H3,(H,28,30). The van der Waals surface area contributed by atoms with Crippen LogP contribution >= 0.6 is 0 Å². The van der Waals surface area contributed by atoms with Gasteiger partial charge in [0.05, 0.1) is 23.1 Å². The monoisotopic (exact) mass is 460 g/mol. The molecular weight excluding hydrogens is 436 g/mol. The first-order valence-electron chi connectivity index (χ1n) is 10.6. The van der Waals surface area contributed by atoms with E-state index in [9.17, 15) is 18.5 Å². The third kappa shape index (κ3) is 4.99. The number of anilines is 3. The van der Waals surface area contributed by atoms with Gasteiger partial charge in [0, 0.05) is 17.9 Å². The van der Waals surface area contributed by atoms with Crippen molar-refractivity contribution in [2.24, 2.45) is 0 Å². The number of hydrogen-bond acceptors (Lipinski definition) is 5. The third-order valence-electron chi connectivity index (χ3n) is 5.53. The van der Waals surface area contributed by atoms with Crippen LogP contribution in [0.25, 0.3) is 0 Å². The number of amides is 1. The van der Waals surface area contributed by atoms with Gasteiger partial charge in [0.2, 0.25) is 10.0 Å². The molecule has 0 aliphatic carbocycles. The largest absolute Gasteiger partial charge is 0.370 e. The zero-order valence-electron chi connectivity index (χ0n) is 18.2. The Morgan fingerprint density at radius 3 is 2.48 bits per heavy atom. The molecule has 1 aliphatic rings. The Labute approximate surface area is 193 Å². The maximum absolute atomic E-state index is 13.3. The predicted octanol–water partition coefficient (Wildman–Crippen LogP) is 4.20. The fourth-order valence-electron chi connectivity index (χ4n) is 3.93. The molecule has 0 bridgehead atoms. The summed E-state index contributed by atoms with van der Waals surface area (Å²) in [6.07, 6.45) is 0.609. The molecule has 1 atom stereocenters. The minimum absolute atomic E-state index is 0.155. The summed E-state index contributed by atoms with van der Waals surface area (Å²) >= 11 is 0. The second kappa shape index (κ2) is 9.35. The van der Waals surface area contributed by atoms with E-state index in [1.165, 1.54) is 4.31 Å². The summed E-state index contributed by atoms with van der Waals surface area (Å²) in [6.45, 7) is 2.30. The number of rotatable bonds is 6. The third-order valence-corrected chi connectivity index (χ3v) is 7.39. The molecule has 1 amide bonds. The molecule has 0 saturated carbocycles. The Bertz CT molecular complexity index is 1320. The lowest BCUT2D eigenvalue weighted by atomic mass is 10.0. The summed E-state index contributed by atoms with van der Waals surface area (Å²) in [4.78, 5) is 13.3. The van der Waals surface area contributed by atoms with E-state index in [0.717, 1.165) is 11.1 Å². The van der Waals surface area contributed by atoms with E-state index in [0.29, 0.717) is 35.6 Å². The smallest absolute Gasteiger partial charge is 0.251 e. The van der Waals surface area contributed by atoms with E-state index in [1.807, 2.05) is 37.3 Å². The maximum atomic E-state index is 13.3. The van der Waals surface area contributed by atoms with Crippen molar-refractivity contribution < 1.29 is 13.2 Å². The molecule has 1 aliphatic heterocycles. The lowest BCUT2D eigenvalue weighted by molar-refractivity contribution is -0.117. The summed E-state index contributed by atoms with van der Waals surface area (Å²) in [5.74, 6) is -0.118. The van der Waals surface area contributed by atoms with Crippen molar-refractivity contribution in [2.75, 3.05) is 27.2 Å². The number of hydrogen-bond donors (Lipinski definition) is 2. The zero-order valence-corrected chi connectivity index (χ0v) is 19.0. The van der Waals surface area contributed by atoms with Gasteiger partial charge < -0.3 is 10.6 Å². The van der Waals surface area contributed by atoms with Gasteiger partial charge in [0.1, 0.15) is 6.04 Å². The van der Waals surface area contributed by atoms with E-state index in [1.54, 1.807) is 42.5 Å². The van der Waals surface area contributed by atoms with Gasteiger partial charge in [-0.2, -0.15) is 5.26 Å². The molecule has 4 rings (SSSR count). The van der Waals surface area contributed by atoms with Crippen LogP contribution in [0, 0.1) is 18.3 Å². The average molecular weight is 461 g/mol. The van der Waals surface area contributed by atoms with Crippen LogP contribution in [-0.4, -0.2) is 26.6 Å². The van der Waals surface area contributed by atoms with Crippen LogP contribution in [0.1, 0.15) is 29.2 Å². The van der Waals surface area contributed by atoms with Crippen molar-refractivity contribution in [3.8, 4) is 6.07 Å². The number of nitriles is 1. The van der Waals surface area contributed by atoms with Crippen LogP contribution in [0.5, 0.6) is 0 Å². The van der Waals surface area contributed by atoms with Crippen molar-refractivity contribution in [3.63, 3.8) is 0 Å². The number of sulfonamides is 1. The maximum Gasteiger partial charge on any atom is 0.251 e. The van der Waals surface area contributed by atoms with E-state index in [4.69, 9.17) is 0 Å². The fraction of sp³-hybridized carbons (Fsp3) is 0.200. The zero-order chi connectivity index (χ0) is 23.4. The lowest BCUT2D eigenvalue weighted by Gasteiger charge is -2.22. The highest BCUT2D eigenvalue weighted by atomic mass is 32.2. The summed E-state index contributed by atoms with van der Waals surface area (Å²) in [7, 11) is -3.28. The molecule has 1 unspecified atom stereocenters. The van der Waals surface area contributed by atoms with Crippen molar-refractivity contribution in [3.05, 3.63) is 89.5 Å². The van der Waals surface area contributed by atoms with E-state index in [-0.39, 0.29) is 11.7 Å². The predicted molar refractivity (Wildman–Crippen MR) is 130 cm³/mol. The molecule has 1 fully saturated rings. The molecule has 3 aromatic carbocycles. The van der Waals surface area contributed by atoms with E-state index < -0.39 is 16.1 Å². The molecular formula is C25H24N4O3S. The highest BCUT2D eigenvalue weighted by Gasteiger charge is 2.29. The van der Waals surface area contributed by atoms with Crippen LogP contribution < -0.4 is 14.9 Å². The Hall–Kier alpha value is -3.83. The van der Waals surface area contributed by atoms with Crippen LogP contribution in [0.3, 0.4) is 0 Å². The van der Waals surface area contributed by atoms with Crippen molar-refractivity contribution in [1.29, 1.82) is 5.26 Å². The molecule has 3 aromatic rings. The second-order valence-electron chi connectivity index (χ2n) is 7.91. The van der Waals surface area contributed by atoms with Gasteiger partial charge in [-0.25, -0.2) is 8.42 Å². The molecule has 168 valence electrons. The fourth-order valence-corrected chi connectivity index (χ4v) is 5.55. The molecule has 0 aromatic heterocycles. The average Bonchev–Trinajstić information content (AvgIpc) is 3.17. The van der Waals surface area contributed by atoms with Crippen LogP contribution in [0.2, 0.25) is 0 Å². The number of nitrogens with one attached hydrogen (secondary N) is 2.